The van der Waals surface area contributed by atoms with E-state index in [2.05, 4.69) is 12.2 Å². The second-order valence-corrected chi connectivity index (χ2v) is 5.16. The Morgan fingerprint density at radius 1 is 1.41 bits per heavy atom. The molecule has 3 N–H and O–H groups in total. The molecule has 0 fully saturated rings. The minimum Gasteiger partial charge on any atom is -0.399 e. The maximum Gasteiger partial charge on any atom is 0.252 e. The van der Waals surface area contributed by atoms with E-state index in [0.717, 1.165) is 18.4 Å². The molecule has 1 aromatic carbocycles. The molecule has 0 spiro atoms. The number of nitrogens with one attached hydrogen (secondary N) is 1. The number of nitrogens with two attached hydrogens (primary N) is 1. The van der Waals surface area contributed by atoms with Gasteiger partial charge in [-0.2, -0.15) is 0 Å². The van der Waals surface area contributed by atoms with Crippen molar-refractivity contribution in [1.82, 2.24) is 5.32 Å². The van der Waals surface area contributed by atoms with Crippen molar-refractivity contribution in [3.63, 3.8) is 0 Å². The maximum absolute atomic E-state index is 12.1. The van der Waals surface area contributed by atoms with Crippen LogP contribution in [0.2, 0.25) is 0 Å². The third kappa shape index (κ3) is 3.77. The van der Waals surface area contributed by atoms with Gasteiger partial charge in [0.2, 0.25) is 0 Å². The van der Waals surface area contributed by atoms with Crippen molar-refractivity contribution in [2.75, 3.05) is 5.73 Å². The summed E-state index contributed by atoms with van der Waals surface area (Å²) >= 11 is 0. The summed E-state index contributed by atoms with van der Waals surface area (Å²) in [5, 5.41) is 3.05. The number of nitrogen functional groups attached to an aromatic ring is 1. The molecular formula is C14H22N2O. The standard InChI is InChI=1S/C14H22N2O/c1-5-8-14(3,4)16-13(17)12-9-11(15)7-6-10(12)2/h6-7,9H,5,8,15H2,1-4H3,(H,16,17). The molecule has 3 heteroatoms. The highest BCUT2D eigenvalue weighted by molar-refractivity contribution is 5.96. The smallest absolute Gasteiger partial charge is 0.252 e. The van der Waals surface area contributed by atoms with E-state index < -0.39 is 0 Å². The highest BCUT2D eigenvalue weighted by Gasteiger charge is 2.20. The molecule has 17 heavy (non-hydrogen) atoms. The van der Waals surface area contributed by atoms with Gasteiger partial charge in [-0.25, -0.2) is 0 Å². The molecule has 0 unspecified atom stereocenters. The van der Waals surface area contributed by atoms with Crippen molar-refractivity contribution in [2.45, 2.75) is 46.1 Å². The van der Waals surface area contributed by atoms with Crippen LogP contribution in [-0.2, 0) is 0 Å². The van der Waals surface area contributed by atoms with Crippen LogP contribution in [0.25, 0.3) is 0 Å². The Balaban J connectivity index is 2.86. The van der Waals surface area contributed by atoms with Crippen molar-refractivity contribution in [2.24, 2.45) is 0 Å². The summed E-state index contributed by atoms with van der Waals surface area (Å²) in [6.45, 7) is 8.10. The van der Waals surface area contributed by atoms with Crippen LogP contribution in [-0.4, -0.2) is 11.4 Å². The molecule has 0 aliphatic carbocycles. The molecule has 0 radical (unpaired) electrons. The van der Waals surface area contributed by atoms with Crippen LogP contribution in [0.5, 0.6) is 0 Å². The number of anilines is 1. The van der Waals surface area contributed by atoms with Gasteiger partial charge >= 0.3 is 0 Å². The summed E-state index contributed by atoms with van der Waals surface area (Å²) in [5.74, 6) is -0.0479. The van der Waals surface area contributed by atoms with Gasteiger partial charge < -0.3 is 11.1 Å². The zero-order chi connectivity index (χ0) is 13.1. The molecule has 0 aliphatic heterocycles. The quantitative estimate of drug-likeness (QED) is 0.787. The summed E-state index contributed by atoms with van der Waals surface area (Å²) < 4.78 is 0. The van der Waals surface area contributed by atoms with E-state index in [1.165, 1.54) is 0 Å². The van der Waals surface area contributed by atoms with E-state index in [-0.39, 0.29) is 11.4 Å². The van der Waals surface area contributed by atoms with E-state index in [4.69, 9.17) is 5.73 Å². The lowest BCUT2D eigenvalue weighted by atomic mass is 9.97. The normalized spacial score (nSPS) is 11.3. The van der Waals surface area contributed by atoms with E-state index in [1.807, 2.05) is 32.9 Å². The summed E-state index contributed by atoms with van der Waals surface area (Å²) in [6.07, 6.45) is 2.00. The molecular weight excluding hydrogens is 212 g/mol. The number of rotatable bonds is 4. The Bertz CT molecular complexity index is 411. The summed E-state index contributed by atoms with van der Waals surface area (Å²) in [7, 11) is 0. The second kappa shape index (κ2) is 5.21. The predicted molar refractivity (Wildman–Crippen MR) is 72.0 cm³/mol. The largest absolute Gasteiger partial charge is 0.399 e. The third-order valence-corrected chi connectivity index (χ3v) is 2.83. The Kier molecular flexibility index (Phi) is 4.16. The van der Waals surface area contributed by atoms with Crippen molar-refractivity contribution in [3.05, 3.63) is 29.3 Å². The number of hydrogen-bond acceptors (Lipinski definition) is 2. The Hall–Kier alpha value is -1.51. The molecule has 0 heterocycles. The molecule has 1 rings (SSSR count). The average molecular weight is 234 g/mol. The summed E-state index contributed by atoms with van der Waals surface area (Å²) in [5.41, 5.74) is 7.76. The first-order chi connectivity index (χ1) is 7.85. The van der Waals surface area contributed by atoms with Gasteiger partial charge in [-0.15, -0.1) is 0 Å². The van der Waals surface area contributed by atoms with Crippen LogP contribution < -0.4 is 11.1 Å². The highest BCUT2D eigenvalue weighted by atomic mass is 16.1. The fourth-order valence-corrected chi connectivity index (χ4v) is 1.95. The molecule has 0 saturated heterocycles. The topological polar surface area (TPSA) is 55.1 Å². The molecule has 0 saturated carbocycles. The molecule has 1 aromatic rings. The minimum atomic E-state index is -0.178. The third-order valence-electron chi connectivity index (χ3n) is 2.83. The molecule has 0 aromatic heterocycles. The SMILES string of the molecule is CCCC(C)(C)NC(=O)c1cc(N)ccc1C. The molecule has 0 atom stereocenters. The van der Waals surface area contributed by atoms with E-state index in [1.54, 1.807) is 6.07 Å². The lowest BCUT2D eigenvalue weighted by Gasteiger charge is -2.26. The van der Waals surface area contributed by atoms with Gasteiger partial charge in [-0.1, -0.05) is 19.4 Å². The average Bonchev–Trinajstić information content (AvgIpc) is 2.20. The monoisotopic (exact) mass is 234 g/mol. The van der Waals surface area contributed by atoms with Gasteiger partial charge in [-0.05, 0) is 44.9 Å². The number of aryl methyl sites for hydroxylation is 1. The number of carbonyl (C=O) groups excluding carboxylic acids is 1. The zero-order valence-electron chi connectivity index (χ0n) is 11.1. The van der Waals surface area contributed by atoms with Crippen molar-refractivity contribution in [3.8, 4) is 0 Å². The molecule has 1 amide bonds. The van der Waals surface area contributed by atoms with Gasteiger partial charge in [-0.3, -0.25) is 4.79 Å². The number of carbonyl (C=O) groups is 1. The van der Waals surface area contributed by atoms with E-state index in [9.17, 15) is 4.79 Å². The van der Waals surface area contributed by atoms with Gasteiger partial charge in [0.15, 0.2) is 0 Å². The Morgan fingerprint density at radius 2 is 2.06 bits per heavy atom. The first-order valence-electron chi connectivity index (χ1n) is 6.04. The predicted octanol–water partition coefficient (Wildman–Crippen LogP) is 2.89. The lowest BCUT2D eigenvalue weighted by Crippen LogP contribution is -2.43. The van der Waals surface area contributed by atoms with Gasteiger partial charge in [0.25, 0.3) is 5.91 Å². The van der Waals surface area contributed by atoms with Crippen LogP contribution in [0, 0.1) is 6.92 Å². The highest BCUT2D eigenvalue weighted by Crippen LogP contribution is 2.16. The van der Waals surface area contributed by atoms with Crippen molar-refractivity contribution >= 4 is 11.6 Å². The second-order valence-electron chi connectivity index (χ2n) is 5.16. The first kappa shape index (κ1) is 13.6. The summed E-state index contributed by atoms with van der Waals surface area (Å²) in [4.78, 5) is 12.1. The van der Waals surface area contributed by atoms with Gasteiger partial charge in [0, 0.05) is 16.8 Å². The maximum atomic E-state index is 12.1. The van der Waals surface area contributed by atoms with Crippen LogP contribution in [0.4, 0.5) is 5.69 Å². The molecule has 0 bridgehead atoms. The van der Waals surface area contributed by atoms with Gasteiger partial charge in [0.05, 0.1) is 0 Å². The first-order valence-corrected chi connectivity index (χ1v) is 6.04. The van der Waals surface area contributed by atoms with Gasteiger partial charge in [0.1, 0.15) is 0 Å². The zero-order valence-corrected chi connectivity index (χ0v) is 11.1. The Morgan fingerprint density at radius 3 is 2.65 bits per heavy atom. The fraction of sp³-hybridized carbons (Fsp3) is 0.500. The van der Waals surface area contributed by atoms with Crippen LogP contribution in [0.1, 0.15) is 49.5 Å². The number of amides is 1. The minimum absolute atomic E-state index is 0.0479. The molecule has 94 valence electrons. The van der Waals surface area contributed by atoms with Crippen LogP contribution in [0.15, 0.2) is 18.2 Å². The molecule has 3 nitrogen and oxygen atoms in total. The Labute approximate surface area is 103 Å². The van der Waals surface area contributed by atoms with Crippen LogP contribution in [0.3, 0.4) is 0 Å². The van der Waals surface area contributed by atoms with Crippen LogP contribution >= 0.6 is 0 Å². The summed E-state index contributed by atoms with van der Waals surface area (Å²) in [6, 6.07) is 5.41. The molecule has 0 aliphatic rings. The lowest BCUT2D eigenvalue weighted by molar-refractivity contribution is 0.0908. The van der Waals surface area contributed by atoms with E-state index in [0.29, 0.717) is 11.3 Å². The fourth-order valence-electron chi connectivity index (χ4n) is 1.95. The number of hydrogen-bond donors (Lipinski definition) is 2. The van der Waals surface area contributed by atoms with Crippen molar-refractivity contribution < 1.29 is 4.79 Å². The number of benzene rings is 1. The van der Waals surface area contributed by atoms with E-state index >= 15 is 0 Å². The van der Waals surface area contributed by atoms with Crippen molar-refractivity contribution in [1.29, 1.82) is 0 Å².